The monoisotopic (exact) mass is 337 g/mol. The summed E-state index contributed by atoms with van der Waals surface area (Å²) in [6.45, 7) is 0. The van der Waals surface area contributed by atoms with Crippen LogP contribution in [0.4, 0.5) is 21.9 Å². The number of hydrogen-bond donors (Lipinski definition) is 3. The lowest BCUT2D eigenvalue weighted by Crippen LogP contribution is -2.13. The number of sulfonamides is 1. The molecule has 0 fully saturated rings. The largest absolute Gasteiger partial charge is 0.465 e. The number of rotatable bonds is 5. The van der Waals surface area contributed by atoms with Gasteiger partial charge in [-0.05, 0) is 24.3 Å². The summed E-state index contributed by atoms with van der Waals surface area (Å²) in [4.78, 5) is 20.3. The molecule has 0 aromatic heterocycles. The molecular weight excluding hydrogens is 326 g/mol. The Morgan fingerprint density at radius 2 is 1.74 bits per heavy atom. The van der Waals surface area contributed by atoms with Crippen LogP contribution < -0.4 is 10.0 Å². The number of nitrogens with zero attached hydrogens (tertiary/aromatic N) is 1. The molecule has 9 nitrogen and oxygen atoms in total. The summed E-state index contributed by atoms with van der Waals surface area (Å²) >= 11 is 0. The van der Waals surface area contributed by atoms with Gasteiger partial charge in [-0.1, -0.05) is 12.1 Å². The quantitative estimate of drug-likeness (QED) is 0.566. The van der Waals surface area contributed by atoms with Crippen LogP contribution in [0.15, 0.2) is 53.4 Å². The molecule has 0 unspecified atom stereocenters. The molecule has 1 amide bonds. The summed E-state index contributed by atoms with van der Waals surface area (Å²) in [5, 5.41) is 21.4. The molecule has 0 aliphatic carbocycles. The van der Waals surface area contributed by atoms with Crippen molar-refractivity contribution >= 4 is 33.2 Å². The van der Waals surface area contributed by atoms with E-state index in [2.05, 4.69) is 10.0 Å². The summed E-state index contributed by atoms with van der Waals surface area (Å²) in [5.41, 5.74) is -0.0614. The van der Waals surface area contributed by atoms with E-state index in [1.807, 2.05) is 0 Å². The minimum Gasteiger partial charge on any atom is -0.465 e. The van der Waals surface area contributed by atoms with Crippen molar-refractivity contribution in [2.75, 3.05) is 10.0 Å². The molecule has 0 spiro atoms. The van der Waals surface area contributed by atoms with E-state index in [4.69, 9.17) is 5.11 Å². The van der Waals surface area contributed by atoms with Gasteiger partial charge in [0, 0.05) is 17.8 Å². The molecule has 0 heterocycles. The van der Waals surface area contributed by atoms with Crippen molar-refractivity contribution in [2.45, 2.75) is 4.90 Å². The van der Waals surface area contributed by atoms with Gasteiger partial charge in [0.25, 0.3) is 15.7 Å². The molecule has 10 heteroatoms. The SMILES string of the molecule is O=C(O)Nc1cccc(NS(=O)(=O)c2cccc([N+](=O)[O-])c2)c1. The lowest BCUT2D eigenvalue weighted by atomic mass is 10.3. The number of anilines is 2. The molecule has 120 valence electrons. The van der Waals surface area contributed by atoms with E-state index in [1.54, 1.807) is 0 Å². The van der Waals surface area contributed by atoms with Gasteiger partial charge in [0.15, 0.2) is 0 Å². The highest BCUT2D eigenvalue weighted by Gasteiger charge is 2.18. The normalized spacial score (nSPS) is 10.8. The molecule has 2 aromatic rings. The topological polar surface area (TPSA) is 139 Å². The molecule has 0 bridgehead atoms. The van der Waals surface area contributed by atoms with Crippen molar-refractivity contribution in [3.63, 3.8) is 0 Å². The molecule has 23 heavy (non-hydrogen) atoms. The highest BCUT2D eigenvalue weighted by atomic mass is 32.2. The van der Waals surface area contributed by atoms with E-state index in [0.29, 0.717) is 0 Å². The van der Waals surface area contributed by atoms with Crippen LogP contribution in [-0.2, 0) is 10.0 Å². The third-order valence-corrected chi connectivity index (χ3v) is 4.08. The lowest BCUT2D eigenvalue weighted by Gasteiger charge is -2.09. The van der Waals surface area contributed by atoms with Crippen molar-refractivity contribution in [1.29, 1.82) is 0 Å². The Kier molecular flexibility index (Phi) is 4.46. The van der Waals surface area contributed by atoms with E-state index >= 15 is 0 Å². The predicted octanol–water partition coefficient (Wildman–Crippen LogP) is 2.49. The Bertz CT molecular complexity index is 866. The molecule has 3 N–H and O–H groups in total. The fraction of sp³-hybridized carbons (Fsp3) is 0. The smallest absolute Gasteiger partial charge is 0.409 e. The number of benzene rings is 2. The molecular formula is C13H11N3O6S. The second kappa shape index (κ2) is 6.32. The Morgan fingerprint density at radius 1 is 1.09 bits per heavy atom. The summed E-state index contributed by atoms with van der Waals surface area (Å²) in [5.74, 6) is 0. The van der Waals surface area contributed by atoms with Crippen LogP contribution in [0.5, 0.6) is 0 Å². The molecule has 2 aromatic carbocycles. The van der Waals surface area contributed by atoms with Gasteiger partial charge in [-0.15, -0.1) is 0 Å². The highest BCUT2D eigenvalue weighted by Crippen LogP contribution is 2.22. The third-order valence-electron chi connectivity index (χ3n) is 2.70. The first-order valence-electron chi connectivity index (χ1n) is 6.15. The van der Waals surface area contributed by atoms with Crippen molar-refractivity contribution in [1.82, 2.24) is 0 Å². The van der Waals surface area contributed by atoms with Crippen LogP contribution in [0.25, 0.3) is 0 Å². The predicted molar refractivity (Wildman–Crippen MR) is 82.0 cm³/mol. The van der Waals surface area contributed by atoms with E-state index in [0.717, 1.165) is 6.07 Å². The summed E-state index contributed by atoms with van der Waals surface area (Å²) < 4.78 is 26.7. The Balaban J connectivity index is 2.29. The fourth-order valence-corrected chi connectivity index (χ4v) is 2.85. The van der Waals surface area contributed by atoms with Gasteiger partial charge in [0.2, 0.25) is 0 Å². The van der Waals surface area contributed by atoms with E-state index in [-0.39, 0.29) is 22.0 Å². The maximum absolute atomic E-state index is 12.2. The van der Waals surface area contributed by atoms with Gasteiger partial charge in [-0.3, -0.25) is 20.2 Å². The molecule has 0 atom stereocenters. The van der Waals surface area contributed by atoms with Crippen LogP contribution in [0.3, 0.4) is 0 Å². The highest BCUT2D eigenvalue weighted by molar-refractivity contribution is 7.92. The van der Waals surface area contributed by atoms with Crippen molar-refractivity contribution in [3.05, 3.63) is 58.6 Å². The average Bonchev–Trinajstić information content (AvgIpc) is 2.46. The number of nitrogens with one attached hydrogen (secondary N) is 2. The van der Waals surface area contributed by atoms with Gasteiger partial charge in [0.05, 0.1) is 15.5 Å². The Labute approximate surface area is 130 Å². The molecule has 0 aliphatic heterocycles. The minimum atomic E-state index is -4.04. The molecule has 0 saturated heterocycles. The van der Waals surface area contributed by atoms with Crippen molar-refractivity contribution in [2.24, 2.45) is 0 Å². The van der Waals surface area contributed by atoms with Crippen LogP contribution in [0.1, 0.15) is 0 Å². The number of carbonyl (C=O) groups is 1. The first kappa shape index (κ1) is 16.2. The van der Waals surface area contributed by atoms with E-state index < -0.39 is 21.0 Å². The van der Waals surface area contributed by atoms with E-state index in [9.17, 15) is 23.3 Å². The first-order valence-corrected chi connectivity index (χ1v) is 7.63. The summed E-state index contributed by atoms with van der Waals surface area (Å²) in [6, 6.07) is 10.2. The Hall–Kier alpha value is -3.14. The molecule has 0 aliphatic rings. The molecule has 0 radical (unpaired) electrons. The van der Waals surface area contributed by atoms with Crippen LogP contribution >= 0.6 is 0 Å². The van der Waals surface area contributed by atoms with Crippen LogP contribution in [0, 0.1) is 10.1 Å². The number of carboxylic acid groups (broad SMARTS) is 1. The summed E-state index contributed by atoms with van der Waals surface area (Å²) in [7, 11) is -4.04. The standard InChI is InChI=1S/C13H11N3O6S/c17-13(18)14-9-3-1-4-10(7-9)15-23(21,22)12-6-2-5-11(8-12)16(19)20/h1-8,14-15H,(H,17,18). The minimum absolute atomic E-state index is 0.114. The Morgan fingerprint density at radius 3 is 2.39 bits per heavy atom. The lowest BCUT2D eigenvalue weighted by molar-refractivity contribution is -0.385. The molecule has 2 rings (SSSR count). The second-order valence-electron chi connectivity index (χ2n) is 4.37. The zero-order valence-electron chi connectivity index (χ0n) is 11.5. The maximum atomic E-state index is 12.2. The number of nitro groups is 1. The zero-order chi connectivity index (χ0) is 17.0. The van der Waals surface area contributed by atoms with Gasteiger partial charge >= 0.3 is 6.09 Å². The van der Waals surface area contributed by atoms with Gasteiger partial charge in [-0.2, -0.15) is 0 Å². The summed E-state index contributed by atoms with van der Waals surface area (Å²) in [6.07, 6.45) is -1.29. The van der Waals surface area contributed by atoms with Crippen molar-refractivity contribution < 1.29 is 23.2 Å². The van der Waals surface area contributed by atoms with Crippen LogP contribution in [0.2, 0.25) is 0 Å². The number of hydrogen-bond acceptors (Lipinski definition) is 5. The van der Waals surface area contributed by atoms with Crippen LogP contribution in [-0.4, -0.2) is 24.5 Å². The third kappa shape index (κ3) is 4.17. The van der Waals surface area contributed by atoms with E-state index in [1.165, 1.54) is 42.5 Å². The second-order valence-corrected chi connectivity index (χ2v) is 6.05. The number of non-ortho nitro benzene ring substituents is 1. The number of amides is 1. The average molecular weight is 337 g/mol. The fourth-order valence-electron chi connectivity index (χ4n) is 1.76. The molecule has 0 saturated carbocycles. The zero-order valence-corrected chi connectivity index (χ0v) is 12.3. The van der Waals surface area contributed by atoms with Gasteiger partial charge < -0.3 is 5.11 Å². The maximum Gasteiger partial charge on any atom is 0.409 e. The first-order chi connectivity index (χ1) is 10.8. The number of nitro benzene ring substituents is 1. The van der Waals surface area contributed by atoms with Crippen molar-refractivity contribution in [3.8, 4) is 0 Å². The van der Waals surface area contributed by atoms with Gasteiger partial charge in [-0.25, -0.2) is 13.2 Å². The van der Waals surface area contributed by atoms with Gasteiger partial charge in [0.1, 0.15) is 0 Å².